The molecule has 4 N–H and O–H groups in total. The summed E-state index contributed by atoms with van der Waals surface area (Å²) in [6, 6.07) is 0. The van der Waals surface area contributed by atoms with Crippen LogP contribution >= 0.6 is 12.4 Å². The van der Waals surface area contributed by atoms with E-state index in [9.17, 15) is 0 Å². The molecule has 0 spiro atoms. The van der Waals surface area contributed by atoms with Crippen molar-refractivity contribution < 1.29 is 23.3 Å². The zero-order valence-corrected chi connectivity index (χ0v) is 9.93. The average molecular weight is 207 g/mol. The normalized spacial score (nSPS) is 2.40. The maximum absolute atomic E-state index is 7.00. The van der Waals surface area contributed by atoms with Crippen LogP contribution in [0.1, 0.15) is 2.85 Å². The van der Waals surface area contributed by atoms with Crippen LogP contribution in [-0.2, 0) is 0 Å². The fraction of sp³-hybridized carbons (Fsp3) is 1.00. The van der Waals surface area contributed by atoms with Gasteiger partial charge in [0.15, 0.2) is 0 Å². The maximum Gasteiger partial charge on any atom is 2.00 e. The van der Waals surface area contributed by atoms with Crippen LogP contribution in [0.3, 0.4) is 0 Å². The van der Waals surface area contributed by atoms with Gasteiger partial charge in [0.1, 0.15) is 0 Å². The molecule has 0 heterocycles. The molecule has 68 valence electrons. The zero-order chi connectivity index (χ0) is 8.00. The number of halogens is 1. The van der Waals surface area contributed by atoms with E-state index in [1.165, 1.54) is 0 Å². The van der Waals surface area contributed by atoms with Crippen molar-refractivity contribution in [1.29, 1.82) is 0 Å². The zero-order valence-electron chi connectivity index (χ0n) is 8.90. The summed E-state index contributed by atoms with van der Waals surface area (Å²) in [6.07, 6.45) is 0. The van der Waals surface area contributed by atoms with Gasteiger partial charge in [-0.3, -0.25) is 0 Å². The first-order valence-corrected chi connectivity index (χ1v) is 1.79. The molecule has 0 aromatic rings. The summed E-state index contributed by atoms with van der Waals surface area (Å²) in [6.45, 7) is 0. The Kier molecular flexibility index (Phi) is 2010. The number of aliphatic hydroxyl groups is 4. The molecule has 0 bridgehead atoms. The van der Waals surface area contributed by atoms with Gasteiger partial charge in [0.05, 0.1) is 0 Å². The molecule has 0 aromatic heterocycles. The van der Waals surface area contributed by atoms with E-state index in [-0.39, 0.29) is 53.0 Å². The molecule has 0 aliphatic rings. The molecule has 0 amide bonds. The van der Waals surface area contributed by atoms with E-state index < -0.39 is 0 Å². The summed E-state index contributed by atoms with van der Waals surface area (Å²) in [7, 11) is 4.00. The van der Waals surface area contributed by atoms with Crippen LogP contribution in [0.2, 0.25) is 0 Å². The van der Waals surface area contributed by atoms with Crippen molar-refractivity contribution in [2.45, 2.75) is 0 Å². The van der Waals surface area contributed by atoms with Crippen LogP contribution in [0.25, 0.3) is 0 Å². The first kappa shape index (κ1) is 42.3. The minimum Gasteiger partial charge on any atom is -1.00 e. The number of aliphatic hydroxyl groups excluding tert-OH is 4. The quantitative estimate of drug-likeness (QED) is 0.372. The third kappa shape index (κ3) is 342. The van der Waals surface area contributed by atoms with Gasteiger partial charge in [0, 0.05) is 28.4 Å². The van der Waals surface area contributed by atoms with E-state index in [2.05, 4.69) is 0 Å². The van der Waals surface area contributed by atoms with E-state index in [0.717, 1.165) is 28.4 Å². The van der Waals surface area contributed by atoms with Crippen LogP contribution in [0, 0.1) is 0 Å². The predicted octanol–water partition coefficient (Wildman–Crippen LogP) is -1.30. The Morgan fingerprint density at radius 3 is 0.600 bits per heavy atom. The SMILES string of the molecule is CO.CO.CO.CO.Cl.[Ca+2].[H-].[H-]. The fourth-order valence-corrected chi connectivity index (χ4v) is 0. The van der Waals surface area contributed by atoms with Crippen molar-refractivity contribution in [3.05, 3.63) is 0 Å². The average Bonchev–Trinajstić information content (AvgIpc) is 2.03. The summed E-state index contributed by atoms with van der Waals surface area (Å²) in [5.41, 5.74) is 0. The van der Waals surface area contributed by atoms with E-state index in [1.54, 1.807) is 0 Å². The molecule has 4 nitrogen and oxygen atoms in total. The Balaban J connectivity index is -0.00000000267. The Morgan fingerprint density at radius 2 is 0.600 bits per heavy atom. The van der Waals surface area contributed by atoms with Crippen molar-refractivity contribution in [3.8, 4) is 0 Å². The first-order valence-electron chi connectivity index (χ1n) is 1.79. The second-order valence-corrected chi connectivity index (χ2v) is 0. The molecule has 6 heteroatoms. The van der Waals surface area contributed by atoms with Crippen molar-refractivity contribution in [3.63, 3.8) is 0 Å². The van der Waals surface area contributed by atoms with Gasteiger partial charge in [-0.05, 0) is 0 Å². The molecule has 0 saturated heterocycles. The van der Waals surface area contributed by atoms with Crippen molar-refractivity contribution in [2.24, 2.45) is 0 Å². The van der Waals surface area contributed by atoms with Crippen LogP contribution in [0.4, 0.5) is 0 Å². The molecule has 0 radical (unpaired) electrons. The summed E-state index contributed by atoms with van der Waals surface area (Å²) in [5, 5.41) is 28.0. The monoisotopic (exact) mass is 206 g/mol. The van der Waals surface area contributed by atoms with Gasteiger partial charge >= 0.3 is 37.7 Å². The van der Waals surface area contributed by atoms with Crippen LogP contribution in [-0.4, -0.2) is 86.6 Å². The summed E-state index contributed by atoms with van der Waals surface area (Å²) >= 11 is 0. The standard InChI is InChI=1S/4CH4O.Ca.ClH.2H/c4*1-2;;;;/h4*2H,1H3;;1H;;/q;;;;+2;;2*-1. The summed E-state index contributed by atoms with van der Waals surface area (Å²) < 4.78 is 0. The Labute approximate surface area is 101 Å². The summed E-state index contributed by atoms with van der Waals surface area (Å²) in [5.74, 6) is 0. The molecule has 0 fully saturated rings. The van der Waals surface area contributed by atoms with Crippen LogP contribution in [0.15, 0.2) is 0 Å². The third-order valence-corrected chi connectivity index (χ3v) is 0. The maximum atomic E-state index is 7.00. The Hall–Kier alpha value is 1.39. The van der Waals surface area contributed by atoms with E-state index in [4.69, 9.17) is 20.4 Å². The molecule has 10 heavy (non-hydrogen) atoms. The van der Waals surface area contributed by atoms with Gasteiger partial charge in [-0.25, -0.2) is 0 Å². The molecule has 0 saturated carbocycles. The van der Waals surface area contributed by atoms with Gasteiger partial charge in [0.2, 0.25) is 0 Å². The number of hydrogen-bond donors (Lipinski definition) is 4. The molecule has 0 rings (SSSR count). The van der Waals surface area contributed by atoms with Gasteiger partial charge in [-0.1, -0.05) is 0 Å². The molecule has 0 aromatic carbocycles. The Bertz CT molecular complexity index is 25.0. The van der Waals surface area contributed by atoms with Gasteiger partial charge in [0.25, 0.3) is 0 Å². The minimum atomic E-state index is 0. The third-order valence-electron chi connectivity index (χ3n) is 0. The van der Waals surface area contributed by atoms with Crippen molar-refractivity contribution >= 4 is 50.1 Å². The van der Waals surface area contributed by atoms with Crippen LogP contribution < -0.4 is 0 Å². The molecule has 0 atom stereocenters. The Morgan fingerprint density at radius 1 is 0.600 bits per heavy atom. The molecular formula is C4H19CaClO4. The van der Waals surface area contributed by atoms with Gasteiger partial charge < -0.3 is 23.3 Å². The topological polar surface area (TPSA) is 80.9 Å². The van der Waals surface area contributed by atoms with Gasteiger partial charge in [-0.15, -0.1) is 12.4 Å². The second kappa shape index (κ2) is 474. The fourth-order valence-electron chi connectivity index (χ4n) is 0. The van der Waals surface area contributed by atoms with E-state index in [0.29, 0.717) is 0 Å². The molecule has 0 aliphatic heterocycles. The van der Waals surface area contributed by atoms with Crippen LogP contribution in [0.5, 0.6) is 0 Å². The minimum absolute atomic E-state index is 0. The predicted molar refractivity (Wildman–Crippen MR) is 47.8 cm³/mol. The molecular weight excluding hydrogens is 188 g/mol. The molecule has 0 aliphatic carbocycles. The number of rotatable bonds is 0. The number of hydrogen-bond acceptors (Lipinski definition) is 4. The van der Waals surface area contributed by atoms with Crippen molar-refractivity contribution in [1.82, 2.24) is 0 Å². The smallest absolute Gasteiger partial charge is 1.00 e. The van der Waals surface area contributed by atoms with Crippen molar-refractivity contribution in [2.75, 3.05) is 28.4 Å². The summed E-state index contributed by atoms with van der Waals surface area (Å²) in [4.78, 5) is 0. The second-order valence-electron chi connectivity index (χ2n) is 0. The first-order chi connectivity index (χ1) is 4.00. The van der Waals surface area contributed by atoms with Gasteiger partial charge in [-0.2, -0.15) is 0 Å². The largest absolute Gasteiger partial charge is 2.00 e. The van der Waals surface area contributed by atoms with E-state index in [1.807, 2.05) is 0 Å². The molecule has 0 unspecified atom stereocenters. The van der Waals surface area contributed by atoms with E-state index >= 15 is 0 Å².